The van der Waals surface area contributed by atoms with E-state index in [2.05, 4.69) is 4.74 Å². The summed E-state index contributed by atoms with van der Waals surface area (Å²) in [7, 11) is 1.53. The van der Waals surface area contributed by atoms with Gasteiger partial charge < -0.3 is 14.6 Å². The van der Waals surface area contributed by atoms with E-state index < -0.39 is 11.8 Å². The lowest BCUT2D eigenvalue weighted by Crippen LogP contribution is -2.07. The van der Waals surface area contributed by atoms with Crippen molar-refractivity contribution in [1.29, 1.82) is 0 Å². The number of ether oxygens (including phenoxy) is 2. The molecule has 5 nitrogen and oxygen atoms in total. The van der Waals surface area contributed by atoms with Crippen LogP contribution in [0.5, 0.6) is 5.75 Å². The van der Waals surface area contributed by atoms with Crippen molar-refractivity contribution in [3.05, 3.63) is 35.4 Å². The van der Waals surface area contributed by atoms with E-state index in [4.69, 9.17) is 4.74 Å². The molecule has 1 heterocycles. The minimum atomic E-state index is -0.930. The molecule has 1 N–H and O–H groups in total. The third kappa shape index (κ3) is 1.99. The number of benzene rings is 1. The normalized spacial score (nSPS) is 17.9. The van der Waals surface area contributed by atoms with E-state index in [0.29, 0.717) is 11.3 Å². The Bertz CT molecular complexity index is 498. The lowest BCUT2D eigenvalue weighted by Gasteiger charge is -2.04. The lowest BCUT2D eigenvalue weighted by atomic mass is 10.1. The third-order valence-corrected chi connectivity index (χ3v) is 2.46. The summed E-state index contributed by atoms with van der Waals surface area (Å²) < 4.78 is 9.50. The molecule has 1 saturated heterocycles. The average Bonchev–Trinajstić information content (AvgIpc) is 2.69. The minimum Gasteiger partial charge on any atom is -0.507 e. The summed E-state index contributed by atoms with van der Waals surface area (Å²) in [4.78, 5) is 22.2. The van der Waals surface area contributed by atoms with Gasteiger partial charge in [0.15, 0.2) is 0 Å². The molecular weight excluding hydrogens is 224 g/mol. The van der Waals surface area contributed by atoms with Gasteiger partial charge in [-0.2, -0.15) is 0 Å². The molecule has 17 heavy (non-hydrogen) atoms. The van der Waals surface area contributed by atoms with Crippen molar-refractivity contribution in [1.82, 2.24) is 0 Å². The second kappa shape index (κ2) is 4.29. The first-order valence-electron chi connectivity index (χ1n) is 4.91. The van der Waals surface area contributed by atoms with E-state index in [9.17, 15) is 14.7 Å². The van der Waals surface area contributed by atoms with Gasteiger partial charge in [-0.1, -0.05) is 0 Å². The molecule has 0 saturated carbocycles. The highest BCUT2D eigenvalue weighted by Crippen LogP contribution is 2.22. The van der Waals surface area contributed by atoms with Crippen LogP contribution < -0.4 is 4.74 Å². The van der Waals surface area contributed by atoms with E-state index in [-0.39, 0.29) is 17.9 Å². The van der Waals surface area contributed by atoms with Crippen LogP contribution in [0.2, 0.25) is 0 Å². The van der Waals surface area contributed by atoms with Gasteiger partial charge in [-0.3, -0.25) is 4.79 Å². The maximum absolute atomic E-state index is 11.3. The molecule has 0 amide bonds. The van der Waals surface area contributed by atoms with Crippen LogP contribution in [0.25, 0.3) is 5.76 Å². The van der Waals surface area contributed by atoms with Crippen LogP contribution in [-0.2, 0) is 14.3 Å². The van der Waals surface area contributed by atoms with Gasteiger partial charge >= 0.3 is 5.97 Å². The summed E-state index contributed by atoms with van der Waals surface area (Å²) >= 11 is 0. The number of aliphatic hydroxyl groups is 1. The van der Waals surface area contributed by atoms with Crippen LogP contribution in [0.4, 0.5) is 0 Å². The monoisotopic (exact) mass is 234 g/mol. The Labute approximate surface area is 97.3 Å². The quantitative estimate of drug-likeness (QED) is 0.359. The van der Waals surface area contributed by atoms with Crippen LogP contribution in [0.15, 0.2) is 29.8 Å². The Morgan fingerprint density at radius 3 is 2.41 bits per heavy atom. The smallest absolute Gasteiger partial charge is 0.379 e. The summed E-state index contributed by atoms with van der Waals surface area (Å²) in [6.45, 7) is -0.185. The zero-order valence-corrected chi connectivity index (χ0v) is 9.10. The minimum absolute atomic E-state index is 0.0137. The van der Waals surface area contributed by atoms with E-state index in [0.717, 1.165) is 0 Å². The van der Waals surface area contributed by atoms with Crippen molar-refractivity contribution >= 4 is 17.5 Å². The fourth-order valence-electron chi connectivity index (χ4n) is 1.49. The highest BCUT2D eigenvalue weighted by atomic mass is 16.5. The molecule has 1 aliphatic heterocycles. The van der Waals surface area contributed by atoms with Crippen molar-refractivity contribution in [2.24, 2.45) is 0 Å². The molecule has 0 bridgehead atoms. The van der Waals surface area contributed by atoms with Crippen LogP contribution in [0.1, 0.15) is 5.56 Å². The molecule has 5 heteroatoms. The topological polar surface area (TPSA) is 72.8 Å². The molecule has 1 aromatic rings. The zero-order valence-electron chi connectivity index (χ0n) is 9.10. The highest BCUT2D eigenvalue weighted by molar-refractivity contribution is 6.43. The van der Waals surface area contributed by atoms with Crippen LogP contribution >= 0.6 is 0 Å². The van der Waals surface area contributed by atoms with E-state index >= 15 is 0 Å². The predicted octanol–water partition coefficient (Wildman–Crippen LogP) is 1.09. The van der Waals surface area contributed by atoms with E-state index in [1.165, 1.54) is 7.11 Å². The van der Waals surface area contributed by atoms with E-state index in [1.807, 2.05) is 0 Å². The fraction of sp³-hybridized carbons (Fsp3) is 0.167. The third-order valence-electron chi connectivity index (χ3n) is 2.46. The molecule has 0 radical (unpaired) electrons. The summed E-state index contributed by atoms with van der Waals surface area (Å²) in [5, 5.41) is 9.86. The first-order valence-corrected chi connectivity index (χ1v) is 4.91. The number of carbonyl (C=O) groups is 2. The van der Waals surface area contributed by atoms with Crippen molar-refractivity contribution in [3.63, 3.8) is 0 Å². The van der Waals surface area contributed by atoms with Gasteiger partial charge in [-0.15, -0.1) is 0 Å². The molecule has 0 spiro atoms. The first-order chi connectivity index (χ1) is 8.13. The van der Waals surface area contributed by atoms with Crippen molar-refractivity contribution in [2.75, 3.05) is 13.7 Å². The van der Waals surface area contributed by atoms with Crippen LogP contribution in [-0.4, -0.2) is 30.6 Å². The van der Waals surface area contributed by atoms with Crippen LogP contribution in [0.3, 0.4) is 0 Å². The largest absolute Gasteiger partial charge is 0.507 e. The van der Waals surface area contributed by atoms with Gasteiger partial charge in [-0.05, 0) is 24.3 Å². The summed E-state index contributed by atoms with van der Waals surface area (Å²) in [5.74, 6) is -1.32. The highest BCUT2D eigenvalue weighted by Gasteiger charge is 2.32. The number of hydrogen-bond donors (Lipinski definition) is 1. The van der Waals surface area contributed by atoms with Gasteiger partial charge in [0.05, 0.1) is 12.7 Å². The van der Waals surface area contributed by atoms with Crippen molar-refractivity contribution < 1.29 is 24.2 Å². The molecule has 88 valence electrons. The number of ketones is 1. The van der Waals surface area contributed by atoms with Gasteiger partial charge in [-0.25, -0.2) is 4.79 Å². The Morgan fingerprint density at radius 1 is 1.29 bits per heavy atom. The summed E-state index contributed by atoms with van der Waals surface area (Å²) in [6, 6.07) is 6.48. The number of carbonyl (C=O) groups excluding carboxylic acids is 2. The average molecular weight is 234 g/mol. The van der Waals surface area contributed by atoms with Crippen molar-refractivity contribution in [3.8, 4) is 5.75 Å². The molecule has 0 aliphatic carbocycles. The maximum Gasteiger partial charge on any atom is 0.379 e. The standard InChI is InChI=1S/C12H10O5/c1-16-8-4-2-7(3-5-8)10(13)9-6-17-12(15)11(9)14/h2-5,13H,6H2,1H3/b10-9+. The molecule has 0 atom stereocenters. The molecular formula is C12H10O5. The Kier molecular flexibility index (Phi) is 2.82. The summed E-state index contributed by atoms with van der Waals surface area (Å²) in [5.41, 5.74) is 0.424. The van der Waals surface area contributed by atoms with Crippen LogP contribution in [0, 0.1) is 0 Å². The molecule has 0 unspecified atom stereocenters. The van der Waals surface area contributed by atoms with Gasteiger partial charge in [0.25, 0.3) is 5.78 Å². The lowest BCUT2D eigenvalue weighted by molar-refractivity contribution is -0.146. The number of Topliss-reactive ketones (excluding diaryl/α,β-unsaturated/α-hetero) is 1. The Morgan fingerprint density at radius 2 is 1.94 bits per heavy atom. The number of methoxy groups -OCH3 is 1. The number of aliphatic hydroxyl groups excluding tert-OH is 1. The number of cyclic esters (lactones) is 1. The second-order valence-electron chi connectivity index (χ2n) is 3.46. The molecule has 2 rings (SSSR count). The number of hydrogen-bond acceptors (Lipinski definition) is 5. The Hall–Kier alpha value is -2.30. The first kappa shape index (κ1) is 11.2. The zero-order chi connectivity index (χ0) is 12.4. The number of esters is 1. The van der Waals surface area contributed by atoms with E-state index in [1.54, 1.807) is 24.3 Å². The molecule has 1 aromatic carbocycles. The molecule has 1 aliphatic rings. The fourth-order valence-corrected chi connectivity index (χ4v) is 1.49. The second-order valence-corrected chi connectivity index (χ2v) is 3.46. The van der Waals surface area contributed by atoms with Gasteiger partial charge in [0.1, 0.15) is 18.1 Å². The maximum atomic E-state index is 11.3. The number of rotatable bonds is 2. The van der Waals surface area contributed by atoms with Crippen molar-refractivity contribution in [2.45, 2.75) is 0 Å². The predicted molar refractivity (Wildman–Crippen MR) is 58.5 cm³/mol. The summed E-state index contributed by atoms with van der Waals surface area (Å²) in [6.07, 6.45) is 0. The van der Waals surface area contributed by atoms with Gasteiger partial charge in [0.2, 0.25) is 0 Å². The molecule has 0 aromatic heterocycles. The Balaban J connectivity index is 2.36. The van der Waals surface area contributed by atoms with Gasteiger partial charge in [0, 0.05) is 5.56 Å². The SMILES string of the molecule is COc1ccc(/C(O)=C2/COC(=O)C2=O)cc1. The molecule has 1 fully saturated rings.